The van der Waals surface area contributed by atoms with E-state index in [9.17, 15) is 4.79 Å². The van der Waals surface area contributed by atoms with E-state index in [4.69, 9.17) is 9.47 Å². The van der Waals surface area contributed by atoms with Crippen LogP contribution in [0.2, 0.25) is 0 Å². The summed E-state index contributed by atoms with van der Waals surface area (Å²) in [6, 6.07) is 4.21. The first kappa shape index (κ1) is 22.7. The molecule has 0 radical (unpaired) electrons. The van der Waals surface area contributed by atoms with Gasteiger partial charge in [-0.15, -0.1) is 5.10 Å². The van der Waals surface area contributed by atoms with E-state index >= 15 is 4.39 Å². The van der Waals surface area contributed by atoms with Crippen LogP contribution in [0.3, 0.4) is 0 Å². The van der Waals surface area contributed by atoms with Gasteiger partial charge in [-0.3, -0.25) is 9.69 Å². The zero-order valence-electron chi connectivity index (χ0n) is 20.1. The number of piperidine rings is 1. The van der Waals surface area contributed by atoms with Gasteiger partial charge >= 0.3 is 0 Å². The number of nitrogens with zero attached hydrogens (tertiary/aromatic N) is 6. The van der Waals surface area contributed by atoms with E-state index < -0.39 is 5.82 Å². The number of halogens is 1. The van der Waals surface area contributed by atoms with Gasteiger partial charge in [-0.05, 0) is 30.5 Å². The predicted octanol–water partition coefficient (Wildman–Crippen LogP) is 1.83. The second kappa shape index (κ2) is 9.03. The lowest BCUT2D eigenvalue weighted by atomic mass is 10.0. The number of fused-ring (bicyclic) bond motifs is 2. The Hall–Kier alpha value is -3.77. The molecule has 2 fully saturated rings. The summed E-state index contributed by atoms with van der Waals surface area (Å²) in [5.41, 5.74) is 2.22. The quantitative estimate of drug-likeness (QED) is 0.418. The lowest BCUT2D eigenvalue weighted by molar-refractivity contribution is -0.0705. The van der Waals surface area contributed by atoms with Crippen molar-refractivity contribution in [2.24, 2.45) is 0 Å². The number of likely N-dealkylation sites (tertiary alicyclic amines) is 1. The van der Waals surface area contributed by atoms with Crippen molar-refractivity contribution in [3.8, 4) is 17.0 Å². The lowest BCUT2D eigenvalue weighted by Crippen LogP contribution is -2.53. The van der Waals surface area contributed by atoms with E-state index in [0.29, 0.717) is 39.7 Å². The zero-order valence-corrected chi connectivity index (χ0v) is 20.1. The van der Waals surface area contributed by atoms with Gasteiger partial charge in [0.2, 0.25) is 11.8 Å². The topological polar surface area (TPSA) is 110 Å². The van der Waals surface area contributed by atoms with Crippen LogP contribution in [0.1, 0.15) is 23.2 Å². The van der Waals surface area contributed by atoms with Gasteiger partial charge in [-0.25, -0.2) is 13.4 Å². The molecule has 0 atom stereocenters. The van der Waals surface area contributed by atoms with Crippen LogP contribution < -0.4 is 15.4 Å². The summed E-state index contributed by atoms with van der Waals surface area (Å²) in [7, 11) is 3.06. The molecule has 36 heavy (non-hydrogen) atoms. The van der Waals surface area contributed by atoms with Crippen LogP contribution >= 0.6 is 0 Å². The van der Waals surface area contributed by atoms with Crippen LogP contribution in [-0.4, -0.2) is 87.6 Å². The molecule has 2 N–H and O–H groups in total. The molecule has 4 aromatic heterocycles. The molecule has 11 nitrogen and oxygen atoms in total. The molecule has 6 rings (SSSR count). The highest BCUT2D eigenvalue weighted by molar-refractivity contribution is 6.01. The van der Waals surface area contributed by atoms with Gasteiger partial charge in [0.15, 0.2) is 5.82 Å². The van der Waals surface area contributed by atoms with Crippen LogP contribution in [0.15, 0.2) is 30.7 Å². The van der Waals surface area contributed by atoms with Crippen molar-refractivity contribution in [1.29, 1.82) is 0 Å². The fourth-order valence-electron chi connectivity index (χ4n) is 4.97. The van der Waals surface area contributed by atoms with Crippen LogP contribution in [-0.2, 0) is 4.74 Å². The van der Waals surface area contributed by atoms with Crippen molar-refractivity contribution < 1.29 is 18.7 Å². The Morgan fingerprint density at radius 1 is 1.25 bits per heavy atom. The number of pyridine rings is 1. The molecule has 0 bridgehead atoms. The number of methoxy groups -OCH3 is 1. The number of carbonyl (C=O) groups is 1. The smallest absolute Gasteiger partial charge is 0.254 e. The minimum absolute atomic E-state index is 0.219. The molecule has 0 aromatic carbocycles. The SMILES string of the molecule is CNC(=O)c1cnn2ccc(-c3c(F)cn4nc(NC5CCN(C6COC6)CC5)nc(OC)c34)cc12. The molecule has 4 aromatic rings. The minimum atomic E-state index is -0.471. The number of carbonyl (C=O) groups excluding carboxylic acids is 1. The number of aromatic nitrogens is 5. The summed E-state index contributed by atoms with van der Waals surface area (Å²) in [6.07, 6.45) is 6.41. The van der Waals surface area contributed by atoms with Crippen molar-refractivity contribution in [1.82, 2.24) is 34.4 Å². The fourth-order valence-corrected chi connectivity index (χ4v) is 4.97. The van der Waals surface area contributed by atoms with Gasteiger partial charge in [0.1, 0.15) is 5.52 Å². The van der Waals surface area contributed by atoms with Crippen molar-refractivity contribution in [3.05, 3.63) is 42.1 Å². The Balaban J connectivity index is 1.32. The van der Waals surface area contributed by atoms with Crippen LogP contribution in [0.4, 0.5) is 10.3 Å². The number of hydrogen-bond acceptors (Lipinski definition) is 8. The molecule has 0 spiro atoms. The highest BCUT2D eigenvalue weighted by Gasteiger charge is 2.30. The monoisotopic (exact) mass is 494 g/mol. The first-order valence-corrected chi connectivity index (χ1v) is 12.0. The first-order chi connectivity index (χ1) is 17.6. The van der Waals surface area contributed by atoms with E-state index in [0.717, 1.165) is 39.1 Å². The number of rotatable bonds is 6. The zero-order chi connectivity index (χ0) is 24.8. The number of anilines is 1. The van der Waals surface area contributed by atoms with Crippen LogP contribution in [0.25, 0.3) is 22.2 Å². The second-order valence-corrected chi connectivity index (χ2v) is 9.12. The average Bonchev–Trinajstić information content (AvgIpc) is 3.43. The maximum Gasteiger partial charge on any atom is 0.254 e. The Morgan fingerprint density at radius 2 is 2.06 bits per heavy atom. The summed E-state index contributed by atoms with van der Waals surface area (Å²) < 4.78 is 29.2. The first-order valence-electron chi connectivity index (χ1n) is 12.0. The standard InChI is InChI=1S/C24H27FN8O3/c1-26-22(34)17-10-27-32-8-3-14(9-19(17)32)20-18(25)11-33-21(20)23(35-2)29-24(30-33)28-15-4-6-31(7-5-15)16-12-36-13-16/h3,8-11,15-16H,4-7,12-13H2,1-2H3,(H,26,34)(H,28,30). The van der Waals surface area contributed by atoms with Crippen molar-refractivity contribution in [2.45, 2.75) is 24.9 Å². The number of nitrogens with one attached hydrogen (secondary N) is 2. The maximum absolute atomic E-state index is 15.3. The highest BCUT2D eigenvalue weighted by Crippen LogP contribution is 2.35. The molecular weight excluding hydrogens is 467 g/mol. The van der Waals surface area contributed by atoms with Crippen molar-refractivity contribution in [2.75, 3.05) is 45.8 Å². The van der Waals surface area contributed by atoms with Gasteiger partial charge in [-0.1, -0.05) is 0 Å². The molecule has 2 aliphatic heterocycles. The van der Waals surface area contributed by atoms with Gasteiger partial charge in [-0.2, -0.15) is 10.1 Å². The maximum atomic E-state index is 15.3. The van der Waals surface area contributed by atoms with Crippen molar-refractivity contribution in [3.63, 3.8) is 0 Å². The van der Waals surface area contributed by atoms with Crippen LogP contribution in [0, 0.1) is 5.82 Å². The van der Waals surface area contributed by atoms with E-state index in [1.165, 1.54) is 24.0 Å². The molecule has 0 unspecified atom stereocenters. The third-order valence-corrected chi connectivity index (χ3v) is 7.03. The summed E-state index contributed by atoms with van der Waals surface area (Å²) in [6.45, 7) is 3.61. The molecule has 2 aliphatic rings. The molecule has 12 heteroatoms. The van der Waals surface area contributed by atoms with Gasteiger partial charge in [0.05, 0.1) is 55.4 Å². The van der Waals surface area contributed by atoms with Gasteiger partial charge < -0.3 is 20.1 Å². The number of hydrogen-bond donors (Lipinski definition) is 2. The molecule has 0 aliphatic carbocycles. The number of ether oxygens (including phenoxy) is 2. The largest absolute Gasteiger partial charge is 0.479 e. The molecule has 188 valence electrons. The van der Waals surface area contributed by atoms with E-state index in [1.807, 2.05) is 0 Å². The predicted molar refractivity (Wildman–Crippen MR) is 130 cm³/mol. The molecule has 2 saturated heterocycles. The molecule has 1 amide bonds. The third-order valence-electron chi connectivity index (χ3n) is 7.03. The Labute approximate surface area is 206 Å². The third kappa shape index (κ3) is 3.82. The summed E-state index contributed by atoms with van der Waals surface area (Å²) in [5.74, 6) is -0.0937. The van der Waals surface area contributed by atoms with E-state index in [2.05, 4.69) is 30.7 Å². The summed E-state index contributed by atoms with van der Waals surface area (Å²) >= 11 is 0. The van der Waals surface area contributed by atoms with Crippen LogP contribution in [0.5, 0.6) is 5.88 Å². The van der Waals surface area contributed by atoms with Crippen molar-refractivity contribution >= 4 is 22.9 Å². The summed E-state index contributed by atoms with van der Waals surface area (Å²) in [5, 5.41) is 14.7. The Kier molecular flexibility index (Phi) is 5.69. The summed E-state index contributed by atoms with van der Waals surface area (Å²) in [4.78, 5) is 19.3. The van der Waals surface area contributed by atoms with Gasteiger partial charge in [0, 0.05) is 32.4 Å². The normalized spacial score (nSPS) is 17.4. The molecular formula is C24H27FN8O3. The van der Waals surface area contributed by atoms with E-state index in [-0.39, 0.29) is 17.8 Å². The Bertz CT molecular complexity index is 1440. The number of amides is 1. The molecule has 0 saturated carbocycles. The average molecular weight is 495 g/mol. The van der Waals surface area contributed by atoms with Gasteiger partial charge in [0.25, 0.3) is 5.91 Å². The second-order valence-electron chi connectivity index (χ2n) is 9.12. The fraction of sp³-hybridized carbons (Fsp3) is 0.417. The Morgan fingerprint density at radius 3 is 2.75 bits per heavy atom. The lowest BCUT2D eigenvalue weighted by Gasteiger charge is -2.41. The highest BCUT2D eigenvalue weighted by atomic mass is 19.1. The minimum Gasteiger partial charge on any atom is -0.479 e. The van der Waals surface area contributed by atoms with E-state index in [1.54, 1.807) is 29.9 Å². The molecule has 6 heterocycles.